The van der Waals surface area contributed by atoms with Crippen LogP contribution in [0.25, 0.3) is 0 Å². The molecule has 1 aromatic heterocycles. The topological polar surface area (TPSA) is 68.0 Å². The van der Waals surface area contributed by atoms with Gasteiger partial charge >= 0.3 is 5.97 Å². The SMILES string of the molecule is O=C(O)c1ncnn1CC(F)F. The predicted octanol–water partition coefficient (Wildman–Crippen LogP) is 0.241. The van der Waals surface area contributed by atoms with Crippen LogP contribution >= 0.6 is 0 Å². The highest BCUT2D eigenvalue weighted by molar-refractivity contribution is 5.83. The molecular weight excluding hydrogens is 172 g/mol. The van der Waals surface area contributed by atoms with Crippen molar-refractivity contribution in [2.75, 3.05) is 0 Å². The Morgan fingerprint density at radius 2 is 2.42 bits per heavy atom. The van der Waals surface area contributed by atoms with E-state index in [0.717, 1.165) is 6.33 Å². The second kappa shape index (κ2) is 3.24. The molecule has 5 nitrogen and oxygen atoms in total. The minimum atomic E-state index is -2.63. The van der Waals surface area contributed by atoms with Crippen molar-refractivity contribution < 1.29 is 18.7 Å². The van der Waals surface area contributed by atoms with Gasteiger partial charge in [0.2, 0.25) is 5.82 Å². The van der Waals surface area contributed by atoms with E-state index in [1.54, 1.807) is 0 Å². The quantitative estimate of drug-likeness (QED) is 0.718. The third kappa shape index (κ3) is 1.74. The van der Waals surface area contributed by atoms with Gasteiger partial charge in [0.1, 0.15) is 12.9 Å². The van der Waals surface area contributed by atoms with Crippen LogP contribution in [0.15, 0.2) is 6.33 Å². The molecule has 0 spiro atoms. The highest BCUT2D eigenvalue weighted by Gasteiger charge is 2.14. The summed E-state index contributed by atoms with van der Waals surface area (Å²) in [6.45, 7) is -0.748. The van der Waals surface area contributed by atoms with Gasteiger partial charge in [0, 0.05) is 0 Å². The molecule has 0 fully saturated rings. The van der Waals surface area contributed by atoms with Crippen molar-refractivity contribution in [3.63, 3.8) is 0 Å². The fraction of sp³-hybridized carbons (Fsp3) is 0.400. The first-order valence-electron chi connectivity index (χ1n) is 3.00. The van der Waals surface area contributed by atoms with Crippen LogP contribution in [-0.4, -0.2) is 32.3 Å². The van der Waals surface area contributed by atoms with Crippen molar-refractivity contribution >= 4 is 5.97 Å². The monoisotopic (exact) mass is 177 g/mol. The first-order valence-corrected chi connectivity index (χ1v) is 3.00. The van der Waals surface area contributed by atoms with E-state index in [4.69, 9.17) is 5.11 Å². The van der Waals surface area contributed by atoms with Crippen LogP contribution in [0.1, 0.15) is 10.6 Å². The van der Waals surface area contributed by atoms with Crippen LogP contribution in [0.2, 0.25) is 0 Å². The fourth-order valence-corrected chi connectivity index (χ4v) is 0.694. The molecule has 7 heteroatoms. The zero-order valence-corrected chi connectivity index (χ0v) is 5.81. The smallest absolute Gasteiger partial charge is 0.373 e. The number of nitrogens with zero attached hydrogens (tertiary/aromatic N) is 3. The maximum absolute atomic E-state index is 11.8. The molecule has 0 radical (unpaired) electrons. The van der Waals surface area contributed by atoms with E-state index < -0.39 is 24.8 Å². The van der Waals surface area contributed by atoms with Gasteiger partial charge < -0.3 is 5.11 Å². The fourth-order valence-electron chi connectivity index (χ4n) is 0.694. The summed E-state index contributed by atoms with van der Waals surface area (Å²) in [5, 5.41) is 11.7. The van der Waals surface area contributed by atoms with Crippen molar-refractivity contribution in [3.8, 4) is 0 Å². The number of alkyl halides is 2. The third-order valence-corrected chi connectivity index (χ3v) is 1.12. The van der Waals surface area contributed by atoms with Crippen LogP contribution in [0.4, 0.5) is 8.78 Å². The molecule has 0 aromatic carbocycles. The van der Waals surface area contributed by atoms with E-state index in [2.05, 4.69) is 10.1 Å². The van der Waals surface area contributed by atoms with E-state index >= 15 is 0 Å². The summed E-state index contributed by atoms with van der Waals surface area (Å²) in [7, 11) is 0. The largest absolute Gasteiger partial charge is 0.475 e. The summed E-state index contributed by atoms with van der Waals surface area (Å²) in [6, 6.07) is 0. The molecule has 0 aliphatic heterocycles. The van der Waals surface area contributed by atoms with Gasteiger partial charge in [-0.05, 0) is 0 Å². The highest BCUT2D eigenvalue weighted by Crippen LogP contribution is 2.00. The lowest BCUT2D eigenvalue weighted by atomic mass is 10.6. The lowest BCUT2D eigenvalue weighted by Gasteiger charge is -2.00. The molecule has 1 N–H and O–H groups in total. The minimum Gasteiger partial charge on any atom is -0.475 e. The van der Waals surface area contributed by atoms with Gasteiger partial charge in [0.25, 0.3) is 6.43 Å². The molecule has 0 amide bonds. The standard InChI is InChI=1S/C5H5F2N3O2/c6-3(7)1-10-4(5(11)12)8-2-9-10/h2-3H,1H2,(H,11,12). The van der Waals surface area contributed by atoms with Crippen molar-refractivity contribution in [1.29, 1.82) is 0 Å². The zero-order valence-electron chi connectivity index (χ0n) is 5.81. The molecule has 0 unspecified atom stereocenters. The average Bonchev–Trinajstić information content (AvgIpc) is 2.33. The zero-order chi connectivity index (χ0) is 9.14. The lowest BCUT2D eigenvalue weighted by Crippen LogP contribution is -2.15. The first-order chi connectivity index (χ1) is 5.61. The number of carboxylic acids is 1. The number of halogens is 2. The molecule has 1 aromatic rings. The molecule has 0 aliphatic rings. The maximum Gasteiger partial charge on any atom is 0.373 e. The third-order valence-electron chi connectivity index (χ3n) is 1.12. The van der Waals surface area contributed by atoms with E-state index in [9.17, 15) is 13.6 Å². The summed E-state index contributed by atoms with van der Waals surface area (Å²) in [6.07, 6.45) is -1.71. The van der Waals surface area contributed by atoms with Crippen LogP contribution < -0.4 is 0 Å². The molecule has 1 heterocycles. The Balaban J connectivity index is 2.84. The number of rotatable bonds is 3. The Labute approximate surface area is 65.6 Å². The van der Waals surface area contributed by atoms with E-state index in [1.165, 1.54) is 0 Å². The Hall–Kier alpha value is -1.53. The number of carbonyl (C=O) groups is 1. The van der Waals surface area contributed by atoms with Crippen LogP contribution in [0, 0.1) is 0 Å². The second-order valence-electron chi connectivity index (χ2n) is 1.96. The van der Waals surface area contributed by atoms with Gasteiger partial charge in [-0.15, -0.1) is 0 Å². The number of aromatic carboxylic acids is 1. The normalized spacial score (nSPS) is 10.6. The lowest BCUT2D eigenvalue weighted by molar-refractivity contribution is 0.0664. The molecule has 0 saturated heterocycles. The Bertz CT molecular complexity index is 286. The molecular formula is C5H5F2N3O2. The molecule has 0 aliphatic carbocycles. The van der Waals surface area contributed by atoms with Crippen molar-refractivity contribution in [1.82, 2.24) is 14.8 Å². The van der Waals surface area contributed by atoms with Crippen molar-refractivity contribution in [2.45, 2.75) is 13.0 Å². The number of hydrogen-bond donors (Lipinski definition) is 1. The van der Waals surface area contributed by atoms with E-state index in [-0.39, 0.29) is 0 Å². The first kappa shape index (κ1) is 8.57. The number of aromatic nitrogens is 3. The number of carboxylic acid groups (broad SMARTS) is 1. The Kier molecular flexibility index (Phi) is 2.32. The summed E-state index contributed by atoms with van der Waals surface area (Å²) >= 11 is 0. The summed E-state index contributed by atoms with van der Waals surface area (Å²) < 4.78 is 24.2. The predicted molar refractivity (Wildman–Crippen MR) is 33.0 cm³/mol. The summed E-state index contributed by atoms with van der Waals surface area (Å²) in [4.78, 5) is 13.6. The Morgan fingerprint density at radius 3 is 2.92 bits per heavy atom. The van der Waals surface area contributed by atoms with Gasteiger partial charge in [0.05, 0.1) is 0 Å². The van der Waals surface area contributed by atoms with Gasteiger partial charge in [-0.25, -0.2) is 23.2 Å². The highest BCUT2D eigenvalue weighted by atomic mass is 19.3. The molecule has 0 saturated carbocycles. The van der Waals surface area contributed by atoms with Gasteiger partial charge in [-0.2, -0.15) is 5.10 Å². The van der Waals surface area contributed by atoms with Gasteiger partial charge in [-0.3, -0.25) is 0 Å². The van der Waals surface area contributed by atoms with E-state index in [1.807, 2.05) is 0 Å². The van der Waals surface area contributed by atoms with Crippen molar-refractivity contribution in [3.05, 3.63) is 12.2 Å². The van der Waals surface area contributed by atoms with Gasteiger partial charge in [-0.1, -0.05) is 0 Å². The van der Waals surface area contributed by atoms with Gasteiger partial charge in [0.15, 0.2) is 0 Å². The molecule has 0 bridgehead atoms. The van der Waals surface area contributed by atoms with E-state index in [0.29, 0.717) is 4.68 Å². The van der Waals surface area contributed by atoms with Crippen LogP contribution in [0.3, 0.4) is 0 Å². The second-order valence-corrected chi connectivity index (χ2v) is 1.96. The average molecular weight is 177 g/mol. The van der Waals surface area contributed by atoms with Crippen LogP contribution in [0.5, 0.6) is 0 Å². The van der Waals surface area contributed by atoms with Crippen LogP contribution in [-0.2, 0) is 6.54 Å². The molecule has 12 heavy (non-hydrogen) atoms. The maximum atomic E-state index is 11.8. The van der Waals surface area contributed by atoms with Crippen molar-refractivity contribution in [2.24, 2.45) is 0 Å². The molecule has 1 rings (SSSR count). The molecule has 0 atom stereocenters. The number of hydrogen-bond acceptors (Lipinski definition) is 3. The molecule has 66 valence electrons. The Morgan fingerprint density at radius 1 is 1.75 bits per heavy atom. The summed E-state index contributed by atoms with van der Waals surface area (Å²) in [5.74, 6) is -1.84. The summed E-state index contributed by atoms with van der Waals surface area (Å²) in [5.41, 5.74) is 0. The minimum absolute atomic E-state index is 0.477.